The smallest absolute Gasteiger partial charge is 0.0435 e. The van der Waals surface area contributed by atoms with Gasteiger partial charge in [0.05, 0.1) is 0 Å². The van der Waals surface area contributed by atoms with Crippen LogP contribution in [-0.4, -0.2) is 4.98 Å². The number of hydrogen-bond acceptors (Lipinski definition) is 1. The SMILES string of the molecule is CC(C)c1cc2c(cn1)=CCCC=2. The first-order valence-corrected chi connectivity index (χ1v) is 4.94. The van der Waals surface area contributed by atoms with Gasteiger partial charge in [0, 0.05) is 11.9 Å². The highest BCUT2D eigenvalue weighted by molar-refractivity contribution is 5.37. The van der Waals surface area contributed by atoms with Gasteiger partial charge in [0.2, 0.25) is 0 Å². The molecule has 0 saturated heterocycles. The summed E-state index contributed by atoms with van der Waals surface area (Å²) in [6.45, 7) is 4.36. The Morgan fingerprint density at radius 1 is 1.15 bits per heavy atom. The van der Waals surface area contributed by atoms with Crippen LogP contribution in [0.1, 0.15) is 38.3 Å². The van der Waals surface area contributed by atoms with E-state index in [0.29, 0.717) is 5.92 Å². The van der Waals surface area contributed by atoms with Gasteiger partial charge in [-0.15, -0.1) is 0 Å². The lowest BCUT2D eigenvalue weighted by Gasteiger charge is -2.05. The highest BCUT2D eigenvalue weighted by Crippen LogP contribution is 2.07. The first kappa shape index (κ1) is 8.49. The molecule has 1 aliphatic rings. The Hall–Kier alpha value is -1.11. The zero-order valence-corrected chi connectivity index (χ0v) is 8.25. The third kappa shape index (κ3) is 1.64. The molecule has 1 heteroatoms. The van der Waals surface area contributed by atoms with Crippen molar-refractivity contribution in [2.45, 2.75) is 32.6 Å². The Morgan fingerprint density at radius 3 is 2.54 bits per heavy atom. The number of rotatable bonds is 1. The monoisotopic (exact) mass is 173 g/mol. The number of hydrogen-bond donors (Lipinski definition) is 0. The summed E-state index contributed by atoms with van der Waals surface area (Å²) < 4.78 is 0. The van der Waals surface area contributed by atoms with Gasteiger partial charge in [0.25, 0.3) is 0 Å². The fourth-order valence-corrected chi connectivity index (χ4v) is 1.64. The third-order valence-electron chi connectivity index (χ3n) is 2.48. The van der Waals surface area contributed by atoms with Crippen LogP contribution in [-0.2, 0) is 0 Å². The normalized spacial score (nSPS) is 14.7. The number of pyridine rings is 1. The molecular formula is C12H15N. The summed E-state index contributed by atoms with van der Waals surface area (Å²) >= 11 is 0. The summed E-state index contributed by atoms with van der Waals surface area (Å²) in [5.74, 6) is 0.528. The van der Waals surface area contributed by atoms with E-state index in [1.807, 2.05) is 6.20 Å². The van der Waals surface area contributed by atoms with Gasteiger partial charge in [-0.25, -0.2) is 0 Å². The molecule has 1 aliphatic carbocycles. The number of aromatic nitrogens is 1. The molecular weight excluding hydrogens is 158 g/mol. The lowest BCUT2D eigenvalue weighted by molar-refractivity contribution is 0.818. The lowest BCUT2D eigenvalue weighted by Crippen LogP contribution is -2.28. The molecule has 1 aromatic rings. The van der Waals surface area contributed by atoms with E-state index < -0.39 is 0 Å². The zero-order chi connectivity index (χ0) is 9.26. The van der Waals surface area contributed by atoms with E-state index in [1.54, 1.807) is 0 Å². The molecule has 0 atom stereocenters. The fourth-order valence-electron chi connectivity index (χ4n) is 1.64. The molecule has 0 aromatic carbocycles. The van der Waals surface area contributed by atoms with Crippen molar-refractivity contribution in [1.29, 1.82) is 0 Å². The van der Waals surface area contributed by atoms with Gasteiger partial charge in [-0.05, 0) is 35.3 Å². The average Bonchev–Trinajstić information content (AvgIpc) is 2.17. The molecule has 13 heavy (non-hydrogen) atoms. The van der Waals surface area contributed by atoms with Gasteiger partial charge in [-0.1, -0.05) is 26.0 Å². The molecule has 0 unspecified atom stereocenters. The van der Waals surface area contributed by atoms with E-state index in [0.717, 1.165) is 6.42 Å². The second-order valence-electron chi connectivity index (χ2n) is 3.88. The summed E-state index contributed by atoms with van der Waals surface area (Å²) in [5, 5.41) is 2.67. The summed E-state index contributed by atoms with van der Waals surface area (Å²) in [5.41, 5.74) is 1.20. The van der Waals surface area contributed by atoms with Crippen molar-refractivity contribution in [2.75, 3.05) is 0 Å². The number of nitrogens with zero attached hydrogens (tertiary/aromatic N) is 1. The van der Waals surface area contributed by atoms with Crippen LogP contribution < -0.4 is 10.4 Å². The van der Waals surface area contributed by atoms with Crippen molar-refractivity contribution >= 4 is 12.2 Å². The molecule has 0 spiro atoms. The fraction of sp³-hybridized carbons (Fsp3) is 0.417. The van der Waals surface area contributed by atoms with Crippen LogP contribution >= 0.6 is 0 Å². The molecule has 1 aromatic heterocycles. The maximum absolute atomic E-state index is 4.44. The van der Waals surface area contributed by atoms with E-state index in [1.165, 1.54) is 22.6 Å². The third-order valence-corrected chi connectivity index (χ3v) is 2.48. The van der Waals surface area contributed by atoms with Crippen LogP contribution in [0.25, 0.3) is 12.2 Å². The predicted molar refractivity (Wildman–Crippen MR) is 55.7 cm³/mol. The zero-order valence-electron chi connectivity index (χ0n) is 8.25. The molecule has 2 rings (SSSR count). The van der Waals surface area contributed by atoms with Gasteiger partial charge in [0.15, 0.2) is 0 Å². The standard InChI is InChI=1S/C12H15N/c1-9(2)12-7-10-5-3-4-6-11(10)8-13-12/h5-9H,3-4H2,1-2H3. The van der Waals surface area contributed by atoms with Gasteiger partial charge in [0.1, 0.15) is 0 Å². The molecule has 1 nitrogen and oxygen atoms in total. The molecule has 0 N–H and O–H groups in total. The molecule has 0 radical (unpaired) electrons. The van der Waals surface area contributed by atoms with E-state index in [4.69, 9.17) is 0 Å². The Labute approximate surface area is 78.8 Å². The van der Waals surface area contributed by atoms with Crippen molar-refractivity contribution in [3.8, 4) is 0 Å². The van der Waals surface area contributed by atoms with E-state index in [2.05, 4.69) is 37.0 Å². The van der Waals surface area contributed by atoms with Crippen LogP contribution in [0.3, 0.4) is 0 Å². The quantitative estimate of drug-likeness (QED) is 0.628. The van der Waals surface area contributed by atoms with Gasteiger partial charge in [-0.3, -0.25) is 4.98 Å². The lowest BCUT2D eigenvalue weighted by atomic mass is 10.1. The maximum atomic E-state index is 4.44. The Balaban J connectivity index is 2.60. The van der Waals surface area contributed by atoms with Gasteiger partial charge >= 0.3 is 0 Å². The highest BCUT2D eigenvalue weighted by Gasteiger charge is 2.01. The first-order chi connectivity index (χ1) is 6.27. The van der Waals surface area contributed by atoms with Crippen molar-refractivity contribution in [3.05, 3.63) is 28.4 Å². The van der Waals surface area contributed by atoms with Crippen LogP contribution in [0.15, 0.2) is 12.3 Å². The van der Waals surface area contributed by atoms with Crippen molar-refractivity contribution in [3.63, 3.8) is 0 Å². The summed E-state index contributed by atoms with van der Waals surface area (Å²) in [6.07, 6.45) is 8.92. The van der Waals surface area contributed by atoms with E-state index in [9.17, 15) is 0 Å². The van der Waals surface area contributed by atoms with Crippen molar-refractivity contribution in [2.24, 2.45) is 0 Å². The van der Waals surface area contributed by atoms with Gasteiger partial charge < -0.3 is 0 Å². The summed E-state index contributed by atoms with van der Waals surface area (Å²) in [4.78, 5) is 4.44. The molecule has 0 amide bonds. The first-order valence-electron chi connectivity index (χ1n) is 4.94. The molecule has 1 heterocycles. The summed E-state index contributed by atoms with van der Waals surface area (Å²) in [6, 6.07) is 2.22. The second kappa shape index (κ2) is 3.33. The second-order valence-corrected chi connectivity index (χ2v) is 3.88. The van der Waals surface area contributed by atoms with Crippen LogP contribution in [0.2, 0.25) is 0 Å². The molecule has 68 valence electrons. The van der Waals surface area contributed by atoms with E-state index in [-0.39, 0.29) is 0 Å². The van der Waals surface area contributed by atoms with Crippen molar-refractivity contribution < 1.29 is 0 Å². The minimum absolute atomic E-state index is 0.528. The number of fused-ring (bicyclic) bond motifs is 1. The predicted octanol–water partition coefficient (Wildman–Crippen LogP) is 1.56. The summed E-state index contributed by atoms with van der Waals surface area (Å²) in [7, 11) is 0. The Morgan fingerprint density at radius 2 is 1.85 bits per heavy atom. The van der Waals surface area contributed by atoms with E-state index >= 15 is 0 Å². The Bertz CT molecular complexity index is 415. The van der Waals surface area contributed by atoms with Crippen LogP contribution in [0.4, 0.5) is 0 Å². The molecule has 0 fully saturated rings. The minimum Gasteiger partial charge on any atom is -0.260 e. The van der Waals surface area contributed by atoms with Gasteiger partial charge in [-0.2, -0.15) is 0 Å². The van der Waals surface area contributed by atoms with Crippen LogP contribution in [0, 0.1) is 0 Å². The molecule has 0 aliphatic heterocycles. The molecule has 0 saturated carbocycles. The van der Waals surface area contributed by atoms with Crippen molar-refractivity contribution in [1.82, 2.24) is 4.98 Å². The average molecular weight is 173 g/mol. The Kier molecular flexibility index (Phi) is 2.17. The highest BCUT2D eigenvalue weighted by atomic mass is 14.7. The van der Waals surface area contributed by atoms with Crippen LogP contribution in [0.5, 0.6) is 0 Å². The minimum atomic E-state index is 0.528. The maximum Gasteiger partial charge on any atom is 0.0435 e. The largest absolute Gasteiger partial charge is 0.260 e. The molecule has 0 bridgehead atoms. The topological polar surface area (TPSA) is 12.9 Å².